The SMILES string of the molecule is CCOC(=O)c1nnn(CCOCCO)c1C(F)(F)F. The summed E-state index contributed by atoms with van der Waals surface area (Å²) in [6.07, 6.45) is -4.79. The van der Waals surface area contributed by atoms with E-state index < -0.39 is 23.5 Å². The van der Waals surface area contributed by atoms with Crippen molar-refractivity contribution in [3.05, 3.63) is 11.4 Å². The van der Waals surface area contributed by atoms with Crippen LogP contribution >= 0.6 is 0 Å². The Balaban J connectivity index is 2.92. The van der Waals surface area contributed by atoms with E-state index in [1.165, 1.54) is 6.92 Å². The quantitative estimate of drug-likeness (QED) is 0.582. The Morgan fingerprint density at radius 3 is 2.65 bits per heavy atom. The van der Waals surface area contributed by atoms with Gasteiger partial charge in [-0.05, 0) is 6.92 Å². The summed E-state index contributed by atoms with van der Waals surface area (Å²) in [6.45, 7) is 0.815. The first-order chi connectivity index (χ1) is 9.41. The summed E-state index contributed by atoms with van der Waals surface area (Å²) >= 11 is 0. The lowest BCUT2D eigenvalue weighted by Crippen LogP contribution is -2.21. The Bertz CT molecular complexity index is 447. The van der Waals surface area contributed by atoms with Crippen molar-refractivity contribution < 1.29 is 32.5 Å². The average molecular weight is 297 g/mol. The third-order valence-electron chi connectivity index (χ3n) is 2.16. The maximum Gasteiger partial charge on any atom is 0.435 e. The molecule has 1 aromatic heterocycles. The third-order valence-corrected chi connectivity index (χ3v) is 2.16. The molecule has 0 bridgehead atoms. The van der Waals surface area contributed by atoms with Crippen LogP contribution < -0.4 is 0 Å². The van der Waals surface area contributed by atoms with Gasteiger partial charge in [0.2, 0.25) is 5.69 Å². The maximum atomic E-state index is 12.9. The lowest BCUT2D eigenvalue weighted by Gasteiger charge is -2.10. The first-order valence-electron chi connectivity index (χ1n) is 5.78. The van der Waals surface area contributed by atoms with Crippen LogP contribution in [0.2, 0.25) is 0 Å². The van der Waals surface area contributed by atoms with Crippen LogP contribution in [-0.2, 0) is 22.2 Å². The second-order valence-corrected chi connectivity index (χ2v) is 3.56. The molecule has 114 valence electrons. The molecule has 0 atom stereocenters. The molecule has 0 amide bonds. The number of hydrogen-bond donors (Lipinski definition) is 1. The third kappa shape index (κ3) is 4.17. The standard InChI is InChI=1S/C10H14F3N3O4/c1-2-20-9(18)7-8(10(11,12)13)16(15-14-7)3-5-19-6-4-17/h17H,2-6H2,1H3. The fourth-order valence-electron chi connectivity index (χ4n) is 1.40. The lowest BCUT2D eigenvalue weighted by molar-refractivity contribution is -0.145. The highest BCUT2D eigenvalue weighted by molar-refractivity contribution is 5.88. The number of carbonyl (C=O) groups excluding carboxylic acids is 1. The molecular formula is C10H14F3N3O4. The van der Waals surface area contributed by atoms with Crippen molar-refractivity contribution in [2.24, 2.45) is 0 Å². The van der Waals surface area contributed by atoms with Crippen LogP contribution in [0.1, 0.15) is 23.1 Å². The topological polar surface area (TPSA) is 86.5 Å². The van der Waals surface area contributed by atoms with Gasteiger partial charge in [0.25, 0.3) is 0 Å². The number of ether oxygens (including phenoxy) is 2. The number of aromatic nitrogens is 3. The number of alkyl halides is 3. The number of nitrogens with zero attached hydrogens (tertiary/aromatic N) is 3. The number of esters is 1. The van der Waals surface area contributed by atoms with Crippen molar-refractivity contribution in [1.82, 2.24) is 15.0 Å². The van der Waals surface area contributed by atoms with Gasteiger partial charge in [-0.1, -0.05) is 5.21 Å². The van der Waals surface area contributed by atoms with Crippen molar-refractivity contribution in [2.75, 3.05) is 26.4 Å². The Hall–Kier alpha value is -1.68. The van der Waals surface area contributed by atoms with Crippen molar-refractivity contribution >= 4 is 5.97 Å². The average Bonchev–Trinajstić information content (AvgIpc) is 2.79. The molecule has 1 N–H and O–H groups in total. The van der Waals surface area contributed by atoms with Gasteiger partial charge in [-0.15, -0.1) is 5.10 Å². The van der Waals surface area contributed by atoms with Gasteiger partial charge in [0, 0.05) is 0 Å². The summed E-state index contributed by atoms with van der Waals surface area (Å²) in [5, 5.41) is 15.0. The van der Waals surface area contributed by atoms with E-state index in [9.17, 15) is 18.0 Å². The molecule has 0 aliphatic carbocycles. The molecule has 0 unspecified atom stereocenters. The first-order valence-corrected chi connectivity index (χ1v) is 5.78. The zero-order chi connectivity index (χ0) is 15.2. The van der Waals surface area contributed by atoms with E-state index in [2.05, 4.69) is 15.0 Å². The van der Waals surface area contributed by atoms with E-state index >= 15 is 0 Å². The van der Waals surface area contributed by atoms with Crippen LogP contribution in [0.15, 0.2) is 0 Å². The number of rotatable bonds is 7. The Morgan fingerprint density at radius 2 is 2.10 bits per heavy atom. The lowest BCUT2D eigenvalue weighted by atomic mass is 10.3. The molecule has 0 saturated heterocycles. The summed E-state index contributed by atoms with van der Waals surface area (Å²) in [5.74, 6) is -1.18. The number of halogens is 3. The number of hydrogen-bond acceptors (Lipinski definition) is 6. The molecule has 1 rings (SSSR count). The summed E-state index contributed by atoms with van der Waals surface area (Å²) in [6, 6.07) is 0. The first kappa shape index (κ1) is 16.4. The van der Waals surface area contributed by atoms with Gasteiger partial charge in [-0.3, -0.25) is 0 Å². The molecular weight excluding hydrogens is 283 g/mol. The predicted octanol–water partition coefficient (Wildman–Crippen LogP) is 0.482. The van der Waals surface area contributed by atoms with E-state index in [4.69, 9.17) is 9.84 Å². The number of aliphatic hydroxyl groups is 1. The molecule has 7 nitrogen and oxygen atoms in total. The number of aliphatic hydroxyl groups excluding tert-OH is 1. The minimum Gasteiger partial charge on any atom is -0.461 e. The van der Waals surface area contributed by atoms with Gasteiger partial charge in [0.15, 0.2) is 5.69 Å². The highest BCUT2D eigenvalue weighted by Gasteiger charge is 2.41. The zero-order valence-electron chi connectivity index (χ0n) is 10.7. The molecule has 0 saturated carbocycles. The summed E-state index contributed by atoms with van der Waals surface area (Å²) in [5.41, 5.74) is -2.15. The van der Waals surface area contributed by atoms with Gasteiger partial charge in [-0.2, -0.15) is 13.2 Å². The Morgan fingerprint density at radius 1 is 1.40 bits per heavy atom. The summed E-state index contributed by atoms with van der Waals surface area (Å²) in [4.78, 5) is 11.4. The second-order valence-electron chi connectivity index (χ2n) is 3.56. The van der Waals surface area contributed by atoms with Crippen LogP contribution in [0, 0.1) is 0 Å². The Labute approximate surface area is 112 Å². The van der Waals surface area contributed by atoms with Gasteiger partial charge >= 0.3 is 12.1 Å². The fourth-order valence-corrected chi connectivity index (χ4v) is 1.40. The van der Waals surface area contributed by atoms with Gasteiger partial charge in [0.1, 0.15) is 0 Å². The highest BCUT2D eigenvalue weighted by atomic mass is 19.4. The van der Waals surface area contributed by atoms with Crippen LogP contribution in [0.5, 0.6) is 0 Å². The van der Waals surface area contributed by atoms with Crippen LogP contribution in [-0.4, -0.2) is 52.5 Å². The molecule has 20 heavy (non-hydrogen) atoms. The van der Waals surface area contributed by atoms with Gasteiger partial charge in [0.05, 0.1) is 33.0 Å². The highest BCUT2D eigenvalue weighted by Crippen LogP contribution is 2.31. The molecule has 10 heteroatoms. The monoisotopic (exact) mass is 297 g/mol. The van der Waals surface area contributed by atoms with Crippen LogP contribution in [0.4, 0.5) is 13.2 Å². The van der Waals surface area contributed by atoms with Gasteiger partial charge in [-0.25, -0.2) is 9.48 Å². The molecule has 1 heterocycles. The van der Waals surface area contributed by atoms with Crippen molar-refractivity contribution in [1.29, 1.82) is 0 Å². The van der Waals surface area contributed by atoms with Crippen molar-refractivity contribution in [3.8, 4) is 0 Å². The van der Waals surface area contributed by atoms with E-state index in [1.807, 2.05) is 0 Å². The van der Waals surface area contributed by atoms with Gasteiger partial charge < -0.3 is 14.6 Å². The van der Waals surface area contributed by atoms with E-state index in [0.29, 0.717) is 4.68 Å². The molecule has 0 fully saturated rings. The largest absolute Gasteiger partial charge is 0.461 e. The normalized spacial score (nSPS) is 11.7. The molecule has 0 radical (unpaired) electrons. The van der Waals surface area contributed by atoms with Crippen molar-refractivity contribution in [3.63, 3.8) is 0 Å². The molecule has 0 aromatic carbocycles. The van der Waals surface area contributed by atoms with Crippen molar-refractivity contribution in [2.45, 2.75) is 19.6 Å². The smallest absolute Gasteiger partial charge is 0.435 e. The summed E-state index contributed by atoms with van der Waals surface area (Å²) < 4.78 is 48.7. The van der Waals surface area contributed by atoms with E-state index in [1.54, 1.807) is 0 Å². The predicted molar refractivity (Wildman–Crippen MR) is 58.9 cm³/mol. The van der Waals surface area contributed by atoms with Crippen LogP contribution in [0.3, 0.4) is 0 Å². The van der Waals surface area contributed by atoms with E-state index in [0.717, 1.165) is 0 Å². The summed E-state index contributed by atoms with van der Waals surface area (Å²) in [7, 11) is 0. The molecule has 0 aliphatic rings. The minimum absolute atomic E-state index is 0.000776. The molecule has 1 aromatic rings. The minimum atomic E-state index is -4.79. The Kier molecular flexibility index (Phi) is 5.89. The molecule has 0 aliphatic heterocycles. The maximum absolute atomic E-state index is 12.9. The second kappa shape index (κ2) is 7.20. The molecule has 0 spiro atoms. The zero-order valence-corrected chi connectivity index (χ0v) is 10.7. The van der Waals surface area contributed by atoms with Crippen LogP contribution in [0.25, 0.3) is 0 Å². The number of carbonyl (C=O) groups is 1. The van der Waals surface area contributed by atoms with E-state index in [-0.39, 0.29) is 33.0 Å². The fraction of sp³-hybridized carbons (Fsp3) is 0.700.